The number of hydrogen-bond donors (Lipinski definition) is 1. The lowest BCUT2D eigenvalue weighted by Crippen LogP contribution is -2.16. The van der Waals surface area contributed by atoms with Crippen molar-refractivity contribution in [2.75, 3.05) is 13.7 Å². The molecule has 1 N–H and O–H groups in total. The van der Waals surface area contributed by atoms with Crippen LogP contribution in [0.4, 0.5) is 0 Å². The van der Waals surface area contributed by atoms with Gasteiger partial charge >= 0.3 is 11.9 Å². The van der Waals surface area contributed by atoms with Gasteiger partial charge < -0.3 is 14.6 Å². The number of rotatable bonds is 5. The minimum Gasteiger partial charge on any atom is -0.497 e. The van der Waals surface area contributed by atoms with E-state index in [1.807, 2.05) is 30.3 Å². The van der Waals surface area contributed by atoms with E-state index < -0.39 is 11.9 Å². The quantitative estimate of drug-likeness (QED) is 0.842. The second kappa shape index (κ2) is 6.74. The molecule has 1 aromatic carbocycles. The maximum atomic E-state index is 11.6. The van der Waals surface area contributed by atoms with Crippen molar-refractivity contribution in [1.82, 2.24) is 0 Å². The van der Waals surface area contributed by atoms with Crippen LogP contribution in [0.3, 0.4) is 0 Å². The van der Waals surface area contributed by atoms with E-state index in [0.717, 1.165) is 16.9 Å². The van der Waals surface area contributed by atoms with Gasteiger partial charge in [-0.15, -0.1) is 0 Å². The number of carbonyl (C=O) groups excluding carboxylic acids is 1. The van der Waals surface area contributed by atoms with Gasteiger partial charge in [-0.25, -0.2) is 4.79 Å². The second-order valence-electron chi connectivity index (χ2n) is 4.63. The maximum Gasteiger partial charge on any atom is 0.334 e. The van der Waals surface area contributed by atoms with E-state index in [1.165, 1.54) is 0 Å². The maximum absolute atomic E-state index is 11.6. The average Bonchev–Trinajstić information content (AvgIpc) is 2.48. The van der Waals surface area contributed by atoms with Crippen LogP contribution in [0.2, 0.25) is 0 Å². The zero-order valence-corrected chi connectivity index (χ0v) is 11.7. The van der Waals surface area contributed by atoms with Crippen LogP contribution in [0.15, 0.2) is 41.5 Å². The monoisotopic (exact) mass is 288 g/mol. The molecule has 0 unspecified atom stereocenters. The Morgan fingerprint density at radius 2 is 2.10 bits per heavy atom. The minimum absolute atomic E-state index is 0.0866. The van der Waals surface area contributed by atoms with Crippen molar-refractivity contribution in [3.8, 4) is 5.75 Å². The van der Waals surface area contributed by atoms with Gasteiger partial charge in [0.2, 0.25) is 0 Å². The molecule has 0 radical (unpaired) electrons. The molecule has 0 fully saturated rings. The van der Waals surface area contributed by atoms with Crippen LogP contribution >= 0.6 is 0 Å². The highest BCUT2D eigenvalue weighted by Gasteiger charge is 2.18. The number of hydrogen-bond acceptors (Lipinski definition) is 4. The van der Waals surface area contributed by atoms with Crippen molar-refractivity contribution >= 4 is 18.0 Å². The predicted octanol–water partition coefficient (Wildman–Crippen LogP) is 2.43. The standard InChI is InChI=1S/C16H16O5/c1-20-14-5-2-11(3-6-14)8-12-9-13(4-7-15(17)18)16(19)21-10-12/h2-3,5-6,8-9H,4,7,10H2,1H3,(H,17,18)/b12-8+. The molecule has 0 bridgehead atoms. The van der Waals surface area contributed by atoms with E-state index >= 15 is 0 Å². The van der Waals surface area contributed by atoms with E-state index in [1.54, 1.807) is 13.2 Å². The largest absolute Gasteiger partial charge is 0.497 e. The fraction of sp³-hybridized carbons (Fsp3) is 0.250. The molecule has 1 aliphatic rings. The second-order valence-corrected chi connectivity index (χ2v) is 4.63. The van der Waals surface area contributed by atoms with Crippen LogP contribution in [0.1, 0.15) is 18.4 Å². The molecule has 0 aliphatic carbocycles. The molecular weight excluding hydrogens is 272 g/mol. The lowest BCUT2D eigenvalue weighted by atomic mass is 10.0. The summed E-state index contributed by atoms with van der Waals surface area (Å²) < 4.78 is 10.1. The summed E-state index contributed by atoms with van der Waals surface area (Å²) in [7, 11) is 1.60. The highest BCUT2D eigenvalue weighted by Crippen LogP contribution is 2.20. The van der Waals surface area contributed by atoms with Crippen LogP contribution < -0.4 is 4.74 Å². The lowest BCUT2D eigenvalue weighted by Gasteiger charge is -2.15. The molecule has 5 nitrogen and oxygen atoms in total. The normalized spacial score (nSPS) is 16.3. The number of cyclic esters (lactones) is 1. The first kappa shape index (κ1) is 14.8. The Balaban J connectivity index is 2.15. The number of aliphatic carboxylic acids is 1. The third-order valence-corrected chi connectivity index (χ3v) is 3.07. The molecule has 21 heavy (non-hydrogen) atoms. The number of carboxylic acids is 1. The summed E-state index contributed by atoms with van der Waals surface area (Å²) >= 11 is 0. The molecular formula is C16H16O5. The van der Waals surface area contributed by atoms with Gasteiger partial charge in [0.1, 0.15) is 12.4 Å². The van der Waals surface area contributed by atoms with Gasteiger partial charge in [0.15, 0.2) is 0 Å². The van der Waals surface area contributed by atoms with E-state index in [4.69, 9.17) is 14.6 Å². The van der Waals surface area contributed by atoms with Crippen LogP contribution in [0, 0.1) is 0 Å². The Hall–Kier alpha value is -2.56. The number of ether oxygens (including phenoxy) is 2. The van der Waals surface area contributed by atoms with Crippen molar-refractivity contribution in [3.63, 3.8) is 0 Å². The van der Waals surface area contributed by atoms with Crippen molar-refractivity contribution in [1.29, 1.82) is 0 Å². The van der Waals surface area contributed by atoms with Gasteiger partial charge in [-0.05, 0) is 41.8 Å². The first-order valence-electron chi connectivity index (χ1n) is 6.52. The third-order valence-electron chi connectivity index (χ3n) is 3.07. The van der Waals surface area contributed by atoms with Crippen molar-refractivity contribution < 1.29 is 24.2 Å². The zero-order chi connectivity index (χ0) is 15.2. The average molecular weight is 288 g/mol. The SMILES string of the molecule is COc1ccc(/C=C2\C=C(CCC(=O)O)C(=O)OC2)cc1. The lowest BCUT2D eigenvalue weighted by molar-refractivity contribution is -0.139. The highest BCUT2D eigenvalue weighted by molar-refractivity contribution is 5.91. The molecule has 2 rings (SSSR count). The Kier molecular flexibility index (Phi) is 4.77. The van der Waals surface area contributed by atoms with Crippen LogP contribution in [0.25, 0.3) is 6.08 Å². The Bertz CT molecular complexity index is 596. The molecule has 1 aliphatic heterocycles. The molecule has 110 valence electrons. The molecule has 0 saturated carbocycles. The van der Waals surface area contributed by atoms with E-state index in [-0.39, 0.29) is 19.4 Å². The zero-order valence-electron chi connectivity index (χ0n) is 11.7. The van der Waals surface area contributed by atoms with Gasteiger partial charge in [0.05, 0.1) is 7.11 Å². The first-order chi connectivity index (χ1) is 10.1. The smallest absolute Gasteiger partial charge is 0.334 e. The summed E-state index contributed by atoms with van der Waals surface area (Å²) in [4.78, 5) is 22.1. The van der Waals surface area contributed by atoms with E-state index in [2.05, 4.69) is 0 Å². The van der Waals surface area contributed by atoms with Crippen molar-refractivity contribution in [2.24, 2.45) is 0 Å². The number of carboxylic acid groups (broad SMARTS) is 1. The Labute approximate surface area is 122 Å². The van der Waals surface area contributed by atoms with Gasteiger partial charge in [-0.1, -0.05) is 12.1 Å². The third kappa shape index (κ3) is 4.21. The predicted molar refractivity (Wildman–Crippen MR) is 76.9 cm³/mol. The Morgan fingerprint density at radius 1 is 1.38 bits per heavy atom. The molecule has 1 heterocycles. The van der Waals surface area contributed by atoms with Crippen LogP contribution in [-0.2, 0) is 14.3 Å². The van der Waals surface area contributed by atoms with Crippen molar-refractivity contribution in [2.45, 2.75) is 12.8 Å². The van der Waals surface area contributed by atoms with Crippen LogP contribution in [-0.4, -0.2) is 30.8 Å². The van der Waals surface area contributed by atoms with E-state index in [0.29, 0.717) is 5.57 Å². The molecule has 0 amide bonds. The van der Waals surface area contributed by atoms with Gasteiger partial charge in [0.25, 0.3) is 0 Å². The fourth-order valence-electron chi connectivity index (χ4n) is 1.98. The summed E-state index contributed by atoms with van der Waals surface area (Å²) in [5, 5.41) is 8.68. The molecule has 0 aromatic heterocycles. The molecule has 0 saturated heterocycles. The highest BCUT2D eigenvalue weighted by atomic mass is 16.5. The number of methoxy groups -OCH3 is 1. The molecule has 0 atom stereocenters. The van der Waals surface area contributed by atoms with Crippen molar-refractivity contribution in [3.05, 3.63) is 47.1 Å². The number of esters is 1. The van der Waals surface area contributed by atoms with Gasteiger partial charge in [0, 0.05) is 12.0 Å². The fourth-order valence-corrected chi connectivity index (χ4v) is 1.98. The minimum atomic E-state index is -0.935. The molecule has 1 aromatic rings. The first-order valence-corrected chi connectivity index (χ1v) is 6.52. The van der Waals surface area contributed by atoms with Gasteiger partial charge in [-0.2, -0.15) is 0 Å². The number of carbonyl (C=O) groups is 2. The summed E-state index contributed by atoms with van der Waals surface area (Å²) in [6.07, 6.45) is 3.69. The van der Waals surface area contributed by atoms with Crippen LogP contribution in [0.5, 0.6) is 5.75 Å². The topological polar surface area (TPSA) is 72.8 Å². The van der Waals surface area contributed by atoms with E-state index in [9.17, 15) is 9.59 Å². The van der Waals surface area contributed by atoms with Gasteiger partial charge in [-0.3, -0.25) is 4.79 Å². The number of benzene rings is 1. The molecule has 5 heteroatoms. The summed E-state index contributed by atoms with van der Waals surface area (Å²) in [5.74, 6) is -0.608. The summed E-state index contributed by atoms with van der Waals surface area (Å²) in [5.41, 5.74) is 2.18. The molecule has 0 spiro atoms. The summed E-state index contributed by atoms with van der Waals surface area (Å²) in [6.45, 7) is 0.196. The Morgan fingerprint density at radius 3 is 2.71 bits per heavy atom. The summed E-state index contributed by atoms with van der Waals surface area (Å²) in [6, 6.07) is 7.48.